The topological polar surface area (TPSA) is 180 Å². The van der Waals surface area contributed by atoms with E-state index in [2.05, 4.69) is 15.6 Å². The van der Waals surface area contributed by atoms with Gasteiger partial charge in [0.05, 0.1) is 36.4 Å². The van der Waals surface area contributed by atoms with Crippen molar-refractivity contribution in [3.63, 3.8) is 0 Å². The van der Waals surface area contributed by atoms with Crippen molar-refractivity contribution in [1.29, 1.82) is 0 Å². The maximum atomic E-state index is 13.0. The van der Waals surface area contributed by atoms with E-state index in [-0.39, 0.29) is 5.69 Å². The molecule has 160 valence electrons. The standard InChI is InChI=1S/C16H20F3N5O5/c1-7(25)11(5-13(27)28)24-12(26)6-22-14(29)8-2-9(16(17,18)19)4-10(3-8)23-15(20)21/h2-4,7,11,25H,5-6H2,1H3,(H,22,29)(H,24,26)(H,27,28)(H4,20,21,23). The number of carboxylic acids is 1. The van der Waals surface area contributed by atoms with Crippen molar-refractivity contribution < 1.29 is 37.8 Å². The van der Waals surface area contributed by atoms with Gasteiger partial charge in [0.2, 0.25) is 5.91 Å². The molecule has 10 nitrogen and oxygen atoms in total. The number of halogens is 3. The number of hydrogen-bond acceptors (Lipinski definition) is 5. The molecule has 0 fully saturated rings. The Kier molecular flexibility index (Phi) is 7.95. The van der Waals surface area contributed by atoms with Crippen molar-refractivity contribution in [3.8, 4) is 0 Å². The van der Waals surface area contributed by atoms with E-state index in [1.807, 2.05) is 0 Å². The molecule has 1 aromatic carbocycles. The largest absolute Gasteiger partial charge is 0.481 e. The summed E-state index contributed by atoms with van der Waals surface area (Å²) >= 11 is 0. The predicted molar refractivity (Wildman–Crippen MR) is 95.1 cm³/mol. The number of carbonyl (C=O) groups excluding carboxylic acids is 2. The van der Waals surface area contributed by atoms with E-state index in [0.717, 1.165) is 6.07 Å². The number of rotatable bonds is 8. The van der Waals surface area contributed by atoms with Crippen molar-refractivity contribution >= 4 is 29.4 Å². The number of aliphatic carboxylic acids is 1. The Hall–Kier alpha value is -3.35. The summed E-state index contributed by atoms with van der Waals surface area (Å²) in [5, 5.41) is 22.5. The first-order valence-corrected chi connectivity index (χ1v) is 8.09. The van der Waals surface area contributed by atoms with Crippen LogP contribution in [-0.2, 0) is 15.8 Å². The Labute approximate surface area is 162 Å². The summed E-state index contributed by atoms with van der Waals surface area (Å²) in [5.74, 6) is -3.65. The second-order valence-corrected chi connectivity index (χ2v) is 6.00. The Morgan fingerprint density at radius 2 is 1.83 bits per heavy atom. The Balaban J connectivity index is 2.92. The van der Waals surface area contributed by atoms with Crippen LogP contribution in [0.3, 0.4) is 0 Å². The number of nitrogens with zero attached hydrogens (tertiary/aromatic N) is 1. The van der Waals surface area contributed by atoms with E-state index in [4.69, 9.17) is 16.6 Å². The number of carbonyl (C=O) groups is 3. The summed E-state index contributed by atoms with van der Waals surface area (Å²) in [4.78, 5) is 38.2. The monoisotopic (exact) mass is 419 g/mol. The number of hydrogen-bond donors (Lipinski definition) is 6. The second kappa shape index (κ2) is 9.73. The fourth-order valence-electron chi connectivity index (χ4n) is 2.17. The average molecular weight is 419 g/mol. The first kappa shape index (κ1) is 23.7. The minimum absolute atomic E-state index is 0.315. The molecule has 0 aliphatic rings. The fourth-order valence-corrected chi connectivity index (χ4v) is 2.17. The van der Waals surface area contributed by atoms with Crippen molar-refractivity contribution in [2.45, 2.75) is 31.7 Å². The molecule has 29 heavy (non-hydrogen) atoms. The van der Waals surface area contributed by atoms with Gasteiger partial charge in [-0.25, -0.2) is 4.99 Å². The van der Waals surface area contributed by atoms with Crippen molar-refractivity contribution in [2.24, 2.45) is 16.5 Å². The minimum Gasteiger partial charge on any atom is -0.481 e. The average Bonchev–Trinajstić information content (AvgIpc) is 2.56. The molecule has 0 heterocycles. The number of carboxylic acid groups (broad SMARTS) is 1. The molecule has 1 aromatic rings. The van der Waals surface area contributed by atoms with Crippen LogP contribution < -0.4 is 22.1 Å². The Bertz CT molecular complexity index is 807. The fraction of sp³-hybridized carbons (Fsp3) is 0.375. The molecule has 0 saturated carbocycles. The van der Waals surface area contributed by atoms with Crippen LogP contribution in [0, 0.1) is 0 Å². The number of guanidine groups is 1. The van der Waals surface area contributed by atoms with Gasteiger partial charge in [0.1, 0.15) is 0 Å². The van der Waals surface area contributed by atoms with Crippen LogP contribution in [0.2, 0.25) is 0 Å². The molecule has 0 aliphatic carbocycles. The highest BCUT2D eigenvalue weighted by Gasteiger charge is 2.32. The highest BCUT2D eigenvalue weighted by molar-refractivity contribution is 5.97. The van der Waals surface area contributed by atoms with E-state index in [9.17, 15) is 32.7 Å². The maximum Gasteiger partial charge on any atom is 0.416 e. The van der Waals surface area contributed by atoms with E-state index >= 15 is 0 Å². The number of nitrogens with two attached hydrogens (primary N) is 2. The summed E-state index contributed by atoms with van der Waals surface area (Å²) < 4.78 is 39.0. The van der Waals surface area contributed by atoms with Crippen molar-refractivity contribution in [3.05, 3.63) is 29.3 Å². The van der Waals surface area contributed by atoms with E-state index < -0.39 is 66.2 Å². The first-order chi connectivity index (χ1) is 13.3. The first-order valence-electron chi connectivity index (χ1n) is 8.09. The molecule has 2 unspecified atom stereocenters. The number of aliphatic hydroxyl groups excluding tert-OH is 1. The molecule has 2 atom stereocenters. The van der Waals surface area contributed by atoms with Crippen molar-refractivity contribution in [2.75, 3.05) is 6.54 Å². The van der Waals surface area contributed by atoms with Crippen LogP contribution >= 0.6 is 0 Å². The lowest BCUT2D eigenvalue weighted by atomic mass is 10.1. The smallest absolute Gasteiger partial charge is 0.416 e. The molecule has 0 aromatic heterocycles. The van der Waals surface area contributed by atoms with E-state index in [1.165, 1.54) is 6.92 Å². The third kappa shape index (κ3) is 8.04. The maximum absolute atomic E-state index is 13.0. The van der Waals surface area contributed by atoms with E-state index in [1.54, 1.807) is 0 Å². The molecular weight excluding hydrogens is 399 g/mol. The molecule has 0 bridgehead atoms. The lowest BCUT2D eigenvalue weighted by Gasteiger charge is -2.19. The molecule has 8 N–H and O–H groups in total. The predicted octanol–water partition coefficient (Wildman–Crippen LogP) is -0.320. The van der Waals surface area contributed by atoms with Gasteiger partial charge in [-0.1, -0.05) is 0 Å². The number of aliphatic imine (C=N–C) groups is 1. The van der Waals surface area contributed by atoms with Gasteiger partial charge in [-0.05, 0) is 25.1 Å². The minimum atomic E-state index is -4.78. The van der Waals surface area contributed by atoms with Crippen LogP contribution in [0.25, 0.3) is 0 Å². The number of aliphatic hydroxyl groups is 1. The highest BCUT2D eigenvalue weighted by atomic mass is 19.4. The summed E-state index contributed by atoms with van der Waals surface area (Å²) in [6, 6.07) is 1.08. The zero-order chi connectivity index (χ0) is 22.4. The van der Waals surface area contributed by atoms with Gasteiger partial charge >= 0.3 is 12.1 Å². The molecular formula is C16H20F3N5O5. The third-order valence-corrected chi connectivity index (χ3v) is 3.50. The zero-order valence-electron chi connectivity index (χ0n) is 15.2. The van der Waals surface area contributed by atoms with Crippen LogP contribution in [0.4, 0.5) is 18.9 Å². The highest BCUT2D eigenvalue weighted by Crippen LogP contribution is 2.32. The van der Waals surface area contributed by atoms with Gasteiger partial charge in [0, 0.05) is 5.56 Å². The summed E-state index contributed by atoms with van der Waals surface area (Å²) in [6.07, 6.45) is -6.52. The summed E-state index contributed by atoms with van der Waals surface area (Å²) in [6.45, 7) is 0.593. The van der Waals surface area contributed by atoms with Crippen molar-refractivity contribution in [1.82, 2.24) is 10.6 Å². The normalized spacial score (nSPS) is 13.1. The number of alkyl halides is 3. The molecule has 0 radical (unpaired) electrons. The Morgan fingerprint density at radius 1 is 1.21 bits per heavy atom. The van der Waals surface area contributed by atoms with Crippen LogP contribution in [0.5, 0.6) is 0 Å². The van der Waals surface area contributed by atoms with Gasteiger partial charge in [0.15, 0.2) is 5.96 Å². The molecule has 0 aliphatic heterocycles. The summed E-state index contributed by atoms with van der Waals surface area (Å²) in [5.41, 5.74) is 8.34. The van der Waals surface area contributed by atoms with Gasteiger partial charge in [-0.3, -0.25) is 14.4 Å². The quantitative estimate of drug-likeness (QED) is 0.247. The zero-order valence-corrected chi connectivity index (χ0v) is 15.2. The van der Waals surface area contributed by atoms with Crippen LogP contribution in [0.1, 0.15) is 29.3 Å². The lowest BCUT2D eigenvalue weighted by Crippen LogP contribution is -2.47. The van der Waals surface area contributed by atoms with Gasteiger partial charge in [0.25, 0.3) is 5.91 Å². The number of amides is 2. The van der Waals surface area contributed by atoms with Crippen LogP contribution in [0.15, 0.2) is 23.2 Å². The van der Waals surface area contributed by atoms with Gasteiger partial charge in [-0.2, -0.15) is 13.2 Å². The molecule has 1 rings (SSSR count). The van der Waals surface area contributed by atoms with Gasteiger partial charge in [-0.15, -0.1) is 0 Å². The van der Waals surface area contributed by atoms with Gasteiger partial charge < -0.3 is 32.3 Å². The summed E-state index contributed by atoms with van der Waals surface area (Å²) in [7, 11) is 0. The Morgan fingerprint density at radius 3 is 2.31 bits per heavy atom. The third-order valence-electron chi connectivity index (χ3n) is 3.50. The van der Waals surface area contributed by atoms with Crippen LogP contribution in [-0.4, -0.2) is 52.6 Å². The molecule has 13 heteroatoms. The lowest BCUT2D eigenvalue weighted by molar-refractivity contribution is -0.139. The molecule has 0 saturated heterocycles. The van der Waals surface area contributed by atoms with E-state index in [0.29, 0.717) is 12.1 Å². The molecule has 0 spiro atoms. The molecule has 2 amide bonds. The SMILES string of the molecule is CC(O)C(CC(=O)O)NC(=O)CNC(=O)c1cc(N=C(N)N)cc(C(F)(F)F)c1. The number of benzene rings is 1. The number of nitrogens with one attached hydrogen (secondary N) is 2. The second-order valence-electron chi connectivity index (χ2n) is 6.00.